The number of rotatable bonds is 7. The highest BCUT2D eigenvalue weighted by atomic mass is 19.1. The van der Waals surface area contributed by atoms with E-state index in [1.54, 1.807) is 0 Å². The van der Waals surface area contributed by atoms with Crippen molar-refractivity contribution in [1.29, 1.82) is 0 Å². The number of ether oxygens (including phenoxy) is 1. The van der Waals surface area contributed by atoms with Crippen molar-refractivity contribution >= 4 is 22.7 Å². The van der Waals surface area contributed by atoms with Gasteiger partial charge in [0.05, 0.1) is 13.0 Å². The molecule has 0 saturated carbocycles. The molecule has 5 rings (SSSR count). The topological polar surface area (TPSA) is 76.4 Å². The monoisotopic (exact) mass is 493 g/mol. The van der Waals surface area contributed by atoms with E-state index in [0.717, 1.165) is 60.0 Å². The molecule has 0 radical (unpaired) electrons. The summed E-state index contributed by atoms with van der Waals surface area (Å²) in [6, 6.07) is 16.6. The number of nitrogens with zero attached hydrogens (tertiary/aromatic N) is 2. The van der Waals surface area contributed by atoms with E-state index < -0.39 is 17.6 Å². The number of aryl methyl sites for hydroxylation is 1. The molecule has 1 atom stereocenters. The Hall–Kier alpha value is -3.94. The van der Waals surface area contributed by atoms with Gasteiger partial charge in [0.2, 0.25) is 0 Å². The molecule has 2 aromatic heterocycles. The minimum absolute atomic E-state index is 0.0922. The van der Waals surface area contributed by atoms with Crippen molar-refractivity contribution in [3.05, 3.63) is 89.8 Å². The molecule has 2 aromatic carbocycles. The van der Waals surface area contributed by atoms with Crippen LogP contribution in [0.1, 0.15) is 37.1 Å². The Bertz CT molecular complexity index is 1320. The normalized spacial score (nSPS) is 13.2. The second-order valence-corrected chi connectivity index (χ2v) is 8.77. The van der Waals surface area contributed by atoms with Crippen LogP contribution in [0.5, 0.6) is 5.75 Å². The molecule has 8 heteroatoms. The summed E-state index contributed by atoms with van der Waals surface area (Å²) in [5.74, 6) is -0.0375. The molecule has 0 fully saturated rings. The highest BCUT2D eigenvalue weighted by Gasteiger charge is 2.13. The number of carbonyl (C=O) groups is 1. The average molecular weight is 494 g/mol. The summed E-state index contributed by atoms with van der Waals surface area (Å²) < 4.78 is 31.8. The summed E-state index contributed by atoms with van der Waals surface area (Å²) in [5.41, 5.74) is 3.34. The van der Waals surface area contributed by atoms with Gasteiger partial charge in [-0.05, 0) is 67.8 Å². The molecule has 2 N–H and O–H groups in total. The van der Waals surface area contributed by atoms with Crippen molar-refractivity contribution in [1.82, 2.24) is 9.55 Å². The average Bonchev–Trinajstić information content (AvgIpc) is 3.27. The number of fused-ring (bicyclic) bond motifs is 2. The van der Waals surface area contributed by atoms with Crippen molar-refractivity contribution in [2.24, 2.45) is 0 Å². The zero-order chi connectivity index (χ0) is 25.5. The van der Waals surface area contributed by atoms with E-state index in [-0.39, 0.29) is 12.5 Å². The predicted octanol–water partition coefficient (Wildman–Crippen LogP) is 6.02. The highest BCUT2D eigenvalue weighted by Crippen LogP contribution is 2.26. The lowest BCUT2D eigenvalue weighted by molar-refractivity contribution is -0.137. The molecule has 0 saturated heterocycles. The standard InChI is InChI=1S/C22H25N3O3.C6H4F2/c1-15(13-21(26)27)25-11-8-17-14-19(6-7-20(17)25)28-12-9-18-5-4-16-3-2-10-23-22(16)24-18;7-5-2-1-3-6(8)4-5/h4-8,11,14-15H,2-3,9-10,12-13H2,1H3,(H,23,24)(H,26,27);1-4H. The Balaban J connectivity index is 0.000000325. The number of pyridine rings is 1. The van der Waals surface area contributed by atoms with Gasteiger partial charge < -0.3 is 19.7 Å². The Morgan fingerprint density at radius 3 is 2.67 bits per heavy atom. The number of carboxylic acid groups (broad SMARTS) is 1. The Kier molecular flexibility index (Phi) is 8.15. The van der Waals surface area contributed by atoms with Crippen molar-refractivity contribution in [2.45, 2.75) is 38.6 Å². The number of halogens is 2. The van der Waals surface area contributed by atoms with Crippen LogP contribution in [0, 0.1) is 11.6 Å². The van der Waals surface area contributed by atoms with Crippen LogP contribution in [-0.2, 0) is 17.6 Å². The third-order valence-corrected chi connectivity index (χ3v) is 6.00. The lowest BCUT2D eigenvalue weighted by Crippen LogP contribution is -2.14. The van der Waals surface area contributed by atoms with Crippen molar-refractivity contribution < 1.29 is 23.4 Å². The molecular formula is C28H29F2N3O3. The van der Waals surface area contributed by atoms with Gasteiger partial charge in [-0.1, -0.05) is 12.1 Å². The molecule has 1 aliphatic rings. The second kappa shape index (κ2) is 11.7. The zero-order valence-corrected chi connectivity index (χ0v) is 20.1. The first-order valence-corrected chi connectivity index (χ1v) is 12.0. The molecule has 188 valence electrons. The second-order valence-electron chi connectivity index (χ2n) is 8.77. The molecule has 0 bridgehead atoms. The summed E-state index contributed by atoms with van der Waals surface area (Å²) in [4.78, 5) is 15.7. The minimum atomic E-state index is -0.791. The summed E-state index contributed by atoms with van der Waals surface area (Å²) >= 11 is 0. The lowest BCUT2D eigenvalue weighted by Gasteiger charge is -2.17. The molecule has 6 nitrogen and oxygen atoms in total. The number of carboxylic acids is 1. The predicted molar refractivity (Wildman–Crippen MR) is 136 cm³/mol. The molecular weight excluding hydrogens is 464 g/mol. The third kappa shape index (κ3) is 6.59. The molecule has 1 aliphatic heterocycles. The number of aromatic nitrogens is 2. The molecule has 1 unspecified atom stereocenters. The van der Waals surface area contributed by atoms with Crippen LogP contribution in [-0.4, -0.2) is 33.8 Å². The smallest absolute Gasteiger partial charge is 0.305 e. The van der Waals surface area contributed by atoms with E-state index in [2.05, 4.69) is 17.4 Å². The number of hydrogen-bond acceptors (Lipinski definition) is 4. The maximum atomic E-state index is 11.9. The molecule has 0 amide bonds. The Morgan fingerprint density at radius 2 is 1.94 bits per heavy atom. The molecule has 3 heterocycles. The van der Waals surface area contributed by atoms with E-state index >= 15 is 0 Å². The lowest BCUT2D eigenvalue weighted by atomic mass is 10.1. The van der Waals surface area contributed by atoms with Gasteiger partial charge >= 0.3 is 5.97 Å². The number of benzene rings is 2. The maximum Gasteiger partial charge on any atom is 0.305 e. The Labute approximate surface area is 208 Å². The van der Waals surface area contributed by atoms with Crippen LogP contribution in [0.4, 0.5) is 14.6 Å². The SMILES string of the molecule is CC(CC(=O)O)n1ccc2cc(OCCc3ccc4c(n3)NCCC4)ccc21.Fc1cccc(F)c1. The minimum Gasteiger partial charge on any atom is -0.493 e. The molecule has 0 aliphatic carbocycles. The van der Waals surface area contributed by atoms with E-state index in [1.165, 1.54) is 23.8 Å². The number of hydrogen-bond donors (Lipinski definition) is 2. The molecule has 36 heavy (non-hydrogen) atoms. The largest absolute Gasteiger partial charge is 0.493 e. The first kappa shape index (κ1) is 25.2. The van der Waals surface area contributed by atoms with E-state index in [1.807, 2.05) is 42.0 Å². The van der Waals surface area contributed by atoms with Crippen molar-refractivity contribution in [3.8, 4) is 5.75 Å². The fourth-order valence-corrected chi connectivity index (χ4v) is 4.21. The van der Waals surface area contributed by atoms with Crippen molar-refractivity contribution in [3.63, 3.8) is 0 Å². The van der Waals surface area contributed by atoms with Gasteiger partial charge in [-0.2, -0.15) is 0 Å². The quantitative estimate of drug-likeness (QED) is 0.329. The van der Waals surface area contributed by atoms with Crippen LogP contribution in [0.25, 0.3) is 10.9 Å². The van der Waals surface area contributed by atoms with Gasteiger partial charge in [0.1, 0.15) is 23.2 Å². The fourth-order valence-electron chi connectivity index (χ4n) is 4.21. The van der Waals surface area contributed by atoms with Crippen molar-refractivity contribution in [2.75, 3.05) is 18.5 Å². The van der Waals surface area contributed by atoms with Crippen LogP contribution in [0.15, 0.2) is 66.9 Å². The Morgan fingerprint density at radius 1 is 1.14 bits per heavy atom. The van der Waals surface area contributed by atoms with E-state index in [9.17, 15) is 13.6 Å². The van der Waals surface area contributed by atoms with E-state index in [4.69, 9.17) is 14.8 Å². The van der Waals surface area contributed by atoms with Gasteiger partial charge in [-0.25, -0.2) is 13.8 Å². The van der Waals surface area contributed by atoms with Gasteiger partial charge in [0, 0.05) is 47.9 Å². The van der Waals surface area contributed by atoms with Crippen LogP contribution >= 0.6 is 0 Å². The van der Waals surface area contributed by atoms with Gasteiger partial charge in [0.15, 0.2) is 0 Å². The zero-order valence-electron chi connectivity index (χ0n) is 20.1. The third-order valence-electron chi connectivity index (χ3n) is 6.00. The van der Waals surface area contributed by atoms with Crippen LogP contribution < -0.4 is 10.1 Å². The number of aliphatic carboxylic acids is 1. The first-order valence-electron chi connectivity index (χ1n) is 12.0. The summed E-state index contributed by atoms with van der Waals surface area (Å²) in [6.45, 7) is 3.47. The molecule has 0 spiro atoms. The number of anilines is 1. The van der Waals surface area contributed by atoms with E-state index in [0.29, 0.717) is 6.61 Å². The van der Waals surface area contributed by atoms with Crippen LogP contribution in [0.3, 0.4) is 0 Å². The summed E-state index contributed by atoms with van der Waals surface area (Å²) in [7, 11) is 0. The summed E-state index contributed by atoms with van der Waals surface area (Å²) in [6.07, 6.45) is 5.05. The first-order chi connectivity index (χ1) is 17.4. The van der Waals surface area contributed by atoms with Gasteiger partial charge in [0.25, 0.3) is 0 Å². The molecule has 4 aromatic rings. The summed E-state index contributed by atoms with van der Waals surface area (Å²) in [5, 5.41) is 13.4. The number of nitrogens with one attached hydrogen (secondary N) is 1. The maximum absolute atomic E-state index is 11.9. The van der Waals surface area contributed by atoms with Gasteiger partial charge in [-0.15, -0.1) is 0 Å². The fraction of sp³-hybridized carbons (Fsp3) is 0.286. The van der Waals surface area contributed by atoms with Crippen LogP contribution in [0.2, 0.25) is 0 Å². The highest BCUT2D eigenvalue weighted by molar-refractivity contribution is 5.82. The van der Waals surface area contributed by atoms with Gasteiger partial charge in [-0.3, -0.25) is 4.79 Å².